The molecular formula is C29H33F5N2O. The van der Waals surface area contributed by atoms with Crippen LogP contribution in [0.3, 0.4) is 0 Å². The van der Waals surface area contributed by atoms with E-state index in [0.29, 0.717) is 37.1 Å². The summed E-state index contributed by atoms with van der Waals surface area (Å²) >= 11 is 0. The molecule has 2 aromatic rings. The second-order valence-electron chi connectivity index (χ2n) is 10.7. The Morgan fingerprint density at radius 1 is 0.946 bits per heavy atom. The number of hydrogen-bond donors (Lipinski definition) is 0. The molecule has 0 aromatic heterocycles. The van der Waals surface area contributed by atoms with E-state index in [1.807, 2.05) is 4.90 Å². The molecule has 2 heterocycles. The molecule has 0 N–H and O–H groups in total. The Balaban J connectivity index is 1.26. The fourth-order valence-electron chi connectivity index (χ4n) is 6.48. The van der Waals surface area contributed by atoms with Crippen LogP contribution < -0.4 is 0 Å². The number of rotatable bonds is 5. The van der Waals surface area contributed by atoms with Gasteiger partial charge in [-0.25, -0.2) is 8.78 Å². The summed E-state index contributed by atoms with van der Waals surface area (Å²) in [4.78, 5) is 17.6. The van der Waals surface area contributed by atoms with Crippen molar-refractivity contribution in [2.75, 3.05) is 26.2 Å². The summed E-state index contributed by atoms with van der Waals surface area (Å²) in [6, 6.07) is 8.11. The van der Waals surface area contributed by atoms with Crippen LogP contribution in [0.1, 0.15) is 79.2 Å². The summed E-state index contributed by atoms with van der Waals surface area (Å²) < 4.78 is 68.0. The Morgan fingerprint density at radius 2 is 1.68 bits per heavy atom. The number of piperidine rings is 1. The summed E-state index contributed by atoms with van der Waals surface area (Å²) in [5.74, 6) is -1.45. The monoisotopic (exact) mass is 520 g/mol. The number of hydrogen-bond acceptors (Lipinski definition) is 2. The Bertz CT molecular complexity index is 1120. The summed E-state index contributed by atoms with van der Waals surface area (Å²) in [5, 5.41) is 0. The molecule has 1 saturated carbocycles. The number of fused-ring (bicyclic) bond motifs is 1. The number of carbonyl (C=O) groups is 1. The van der Waals surface area contributed by atoms with Crippen LogP contribution in [0, 0.1) is 17.6 Å². The van der Waals surface area contributed by atoms with Crippen LogP contribution in [0.5, 0.6) is 0 Å². The third kappa shape index (κ3) is 5.54. The number of nitrogens with zero attached hydrogens (tertiary/aromatic N) is 2. The number of likely N-dealkylation sites (tertiary alicyclic amines) is 1. The lowest BCUT2D eigenvalue weighted by Gasteiger charge is -2.40. The van der Waals surface area contributed by atoms with Crippen molar-refractivity contribution in [3.63, 3.8) is 0 Å². The first-order chi connectivity index (χ1) is 17.7. The van der Waals surface area contributed by atoms with Crippen molar-refractivity contribution in [2.24, 2.45) is 5.92 Å². The quantitative estimate of drug-likeness (QED) is 0.402. The molecular weight excluding hydrogens is 487 g/mol. The zero-order valence-corrected chi connectivity index (χ0v) is 20.9. The van der Waals surface area contributed by atoms with E-state index in [9.17, 15) is 26.7 Å². The molecule has 37 heavy (non-hydrogen) atoms. The Kier molecular flexibility index (Phi) is 7.57. The Labute approximate surface area is 214 Å². The van der Waals surface area contributed by atoms with Crippen LogP contribution in [0.2, 0.25) is 0 Å². The average Bonchev–Trinajstić information content (AvgIpc) is 3.44. The standard InChI is InChI=1S/C29H33F5N2O/c30-25-9-8-23-24(27(25)31)12-17-36(28(37)20-4-1-2-5-20)26(23)13-16-35-14-10-19(11-15-35)21-6-3-7-22(18-21)29(32,33)34/h3,6-9,18-20,26H,1-2,4-5,10-17H2. The molecule has 2 fully saturated rings. The van der Waals surface area contributed by atoms with Crippen molar-refractivity contribution in [3.05, 3.63) is 70.3 Å². The molecule has 0 bridgehead atoms. The SMILES string of the molecule is O=C(C1CCCC1)N1CCc2c(ccc(F)c2F)C1CCN1CCC(c2cccc(C(F)(F)F)c2)CC1. The zero-order valence-electron chi connectivity index (χ0n) is 20.9. The highest BCUT2D eigenvalue weighted by atomic mass is 19.4. The lowest BCUT2D eigenvalue weighted by Crippen LogP contribution is -2.44. The van der Waals surface area contributed by atoms with Gasteiger partial charge < -0.3 is 9.80 Å². The molecule has 5 rings (SSSR count). The normalized spacial score (nSPS) is 21.9. The molecule has 0 spiro atoms. The summed E-state index contributed by atoms with van der Waals surface area (Å²) in [6.07, 6.45) is 1.96. The van der Waals surface area contributed by atoms with Crippen molar-refractivity contribution < 1.29 is 26.7 Å². The lowest BCUT2D eigenvalue weighted by atomic mass is 9.87. The molecule has 1 saturated heterocycles. The van der Waals surface area contributed by atoms with Crippen molar-refractivity contribution in [2.45, 2.75) is 69.5 Å². The minimum absolute atomic E-state index is 0.0116. The van der Waals surface area contributed by atoms with E-state index in [0.717, 1.165) is 69.3 Å². The smallest absolute Gasteiger partial charge is 0.335 e. The molecule has 8 heteroatoms. The van der Waals surface area contributed by atoms with E-state index in [-0.39, 0.29) is 23.8 Å². The largest absolute Gasteiger partial charge is 0.416 e. The maximum absolute atomic E-state index is 14.6. The summed E-state index contributed by atoms with van der Waals surface area (Å²) in [6.45, 7) is 2.57. The van der Waals surface area contributed by atoms with Gasteiger partial charge >= 0.3 is 6.18 Å². The fourth-order valence-corrected chi connectivity index (χ4v) is 6.48. The molecule has 2 aliphatic heterocycles. The third-order valence-electron chi connectivity index (χ3n) is 8.55. The van der Waals surface area contributed by atoms with Gasteiger partial charge in [-0.2, -0.15) is 13.2 Å². The van der Waals surface area contributed by atoms with Crippen LogP contribution in [0.25, 0.3) is 0 Å². The van der Waals surface area contributed by atoms with Crippen molar-refractivity contribution in [1.82, 2.24) is 9.80 Å². The predicted octanol–water partition coefficient (Wildman–Crippen LogP) is 6.87. The second kappa shape index (κ2) is 10.7. The van der Waals surface area contributed by atoms with Crippen LogP contribution in [-0.4, -0.2) is 41.9 Å². The second-order valence-corrected chi connectivity index (χ2v) is 10.7. The molecule has 1 aliphatic carbocycles. The van der Waals surface area contributed by atoms with Crippen molar-refractivity contribution in [3.8, 4) is 0 Å². The maximum Gasteiger partial charge on any atom is 0.416 e. The topological polar surface area (TPSA) is 23.6 Å². The minimum atomic E-state index is -4.35. The van der Waals surface area contributed by atoms with E-state index >= 15 is 0 Å². The highest BCUT2D eigenvalue weighted by molar-refractivity contribution is 5.80. The number of alkyl halides is 3. The van der Waals surface area contributed by atoms with Crippen LogP contribution >= 0.6 is 0 Å². The lowest BCUT2D eigenvalue weighted by molar-refractivity contribution is -0.139. The van der Waals surface area contributed by atoms with E-state index in [4.69, 9.17) is 0 Å². The van der Waals surface area contributed by atoms with Crippen LogP contribution in [0.4, 0.5) is 22.0 Å². The van der Waals surface area contributed by atoms with E-state index < -0.39 is 23.4 Å². The molecule has 1 unspecified atom stereocenters. The Morgan fingerprint density at radius 3 is 2.38 bits per heavy atom. The van der Waals surface area contributed by atoms with Gasteiger partial charge in [-0.1, -0.05) is 37.1 Å². The number of amides is 1. The minimum Gasteiger partial charge on any atom is -0.335 e. The van der Waals surface area contributed by atoms with Crippen molar-refractivity contribution >= 4 is 5.91 Å². The maximum atomic E-state index is 14.6. The van der Waals surface area contributed by atoms with Gasteiger partial charge in [-0.15, -0.1) is 0 Å². The first-order valence-corrected chi connectivity index (χ1v) is 13.4. The molecule has 200 valence electrons. The number of carbonyl (C=O) groups excluding carboxylic acids is 1. The zero-order chi connectivity index (χ0) is 26.2. The highest BCUT2D eigenvalue weighted by Crippen LogP contribution is 2.39. The first kappa shape index (κ1) is 26.1. The molecule has 1 amide bonds. The van der Waals surface area contributed by atoms with Gasteiger partial charge in [0, 0.05) is 19.0 Å². The summed E-state index contributed by atoms with van der Waals surface area (Å²) in [5.41, 5.74) is 1.19. The fraction of sp³-hybridized carbons (Fsp3) is 0.552. The van der Waals surface area contributed by atoms with Gasteiger partial charge in [-0.3, -0.25) is 4.79 Å². The van der Waals surface area contributed by atoms with Crippen molar-refractivity contribution in [1.29, 1.82) is 0 Å². The van der Waals surface area contributed by atoms with Gasteiger partial charge in [0.1, 0.15) is 0 Å². The Hall–Kier alpha value is -2.48. The third-order valence-corrected chi connectivity index (χ3v) is 8.55. The van der Waals surface area contributed by atoms with Gasteiger partial charge in [-0.05, 0) is 86.4 Å². The molecule has 1 atom stereocenters. The van der Waals surface area contributed by atoms with E-state index in [1.54, 1.807) is 12.1 Å². The molecule has 2 aromatic carbocycles. The average molecular weight is 521 g/mol. The first-order valence-electron chi connectivity index (χ1n) is 13.4. The van der Waals surface area contributed by atoms with Gasteiger partial charge in [0.15, 0.2) is 11.6 Å². The number of benzene rings is 2. The molecule has 3 aliphatic rings. The van der Waals surface area contributed by atoms with Crippen LogP contribution in [-0.2, 0) is 17.4 Å². The van der Waals surface area contributed by atoms with Gasteiger partial charge in [0.25, 0.3) is 0 Å². The van der Waals surface area contributed by atoms with Gasteiger partial charge in [0.05, 0.1) is 11.6 Å². The van der Waals surface area contributed by atoms with Crippen LogP contribution in [0.15, 0.2) is 36.4 Å². The number of halogens is 5. The van der Waals surface area contributed by atoms with Gasteiger partial charge in [0.2, 0.25) is 5.91 Å². The summed E-state index contributed by atoms with van der Waals surface area (Å²) in [7, 11) is 0. The van der Waals surface area contributed by atoms with E-state index in [1.165, 1.54) is 12.1 Å². The molecule has 3 nitrogen and oxygen atoms in total. The predicted molar refractivity (Wildman–Crippen MR) is 131 cm³/mol. The highest BCUT2D eigenvalue weighted by Gasteiger charge is 2.37. The van der Waals surface area contributed by atoms with E-state index in [2.05, 4.69) is 4.90 Å². The molecule has 0 radical (unpaired) electrons.